The molecule has 5 heteroatoms. The number of methoxy groups -OCH3 is 3. The van der Waals surface area contributed by atoms with Gasteiger partial charge in [0.15, 0.2) is 0 Å². The lowest BCUT2D eigenvalue weighted by molar-refractivity contribution is -0.218. The summed E-state index contributed by atoms with van der Waals surface area (Å²) < 4.78 is 25.8. The van der Waals surface area contributed by atoms with Gasteiger partial charge in [0.25, 0.3) is 0 Å². The Morgan fingerprint density at radius 3 is 2.11 bits per heavy atom. The van der Waals surface area contributed by atoms with Gasteiger partial charge in [-0.25, -0.2) is 0 Å². The van der Waals surface area contributed by atoms with E-state index >= 15 is 0 Å². The van der Waals surface area contributed by atoms with E-state index < -0.39 is 0 Å². The second kappa shape index (κ2) is 8.21. The summed E-state index contributed by atoms with van der Waals surface area (Å²) in [6.07, 6.45) is 10.6. The molecule has 0 bridgehead atoms. The SMILES string of the molecule is CO[C@H]1C[C@@]2(C)C3C[C@H](OC)[C@H]4C(C)(C)[C@@H](O)CC[C@@]45CC35CC[C@]2(C)[C@H]1[C@@]1(C)CC[C@@H](C(C)(C)OC)O1. The molecule has 5 aliphatic carbocycles. The lowest BCUT2D eigenvalue weighted by Crippen LogP contribution is -2.62. The zero-order valence-electron chi connectivity index (χ0n) is 26.0. The average Bonchev–Trinajstić information content (AvgIpc) is 3.22. The first-order valence-corrected chi connectivity index (χ1v) is 15.6. The highest BCUT2D eigenvalue weighted by molar-refractivity contribution is 5.33. The molecule has 0 aromatic rings. The van der Waals surface area contributed by atoms with Gasteiger partial charge in [-0.2, -0.15) is 0 Å². The van der Waals surface area contributed by atoms with Crippen LogP contribution in [-0.2, 0) is 18.9 Å². The fourth-order valence-electron chi connectivity index (χ4n) is 12.6. The molecule has 6 rings (SSSR count). The minimum absolute atomic E-state index is 0.101. The molecule has 1 saturated heterocycles. The topological polar surface area (TPSA) is 57.2 Å². The zero-order valence-corrected chi connectivity index (χ0v) is 26.0. The van der Waals surface area contributed by atoms with Crippen LogP contribution in [0.15, 0.2) is 0 Å². The average molecular weight is 533 g/mol. The molecule has 5 nitrogen and oxygen atoms in total. The van der Waals surface area contributed by atoms with Crippen LogP contribution >= 0.6 is 0 Å². The van der Waals surface area contributed by atoms with E-state index in [4.69, 9.17) is 18.9 Å². The van der Waals surface area contributed by atoms with Crippen molar-refractivity contribution in [3.8, 4) is 0 Å². The van der Waals surface area contributed by atoms with Crippen LogP contribution in [0.25, 0.3) is 0 Å². The molecule has 6 aliphatic rings. The van der Waals surface area contributed by atoms with E-state index in [1.807, 2.05) is 21.3 Å². The lowest BCUT2D eigenvalue weighted by Gasteiger charge is -2.65. The number of aliphatic hydroxyl groups excluding tert-OH is 1. The Balaban J connectivity index is 1.38. The van der Waals surface area contributed by atoms with Crippen LogP contribution in [0.5, 0.6) is 0 Å². The molecule has 0 radical (unpaired) electrons. The maximum absolute atomic E-state index is 11.1. The summed E-state index contributed by atoms with van der Waals surface area (Å²) in [5.41, 5.74) is 0.426. The van der Waals surface area contributed by atoms with E-state index in [0.29, 0.717) is 28.6 Å². The third-order valence-corrected chi connectivity index (χ3v) is 14.9. The highest BCUT2D eigenvalue weighted by Gasteiger charge is 2.85. The molecule has 1 N–H and O–H groups in total. The largest absolute Gasteiger partial charge is 0.393 e. The summed E-state index contributed by atoms with van der Waals surface area (Å²) in [5, 5.41) is 11.1. The first-order valence-electron chi connectivity index (χ1n) is 15.6. The fraction of sp³-hybridized carbons (Fsp3) is 1.00. The van der Waals surface area contributed by atoms with Crippen LogP contribution in [0.1, 0.15) is 106 Å². The monoisotopic (exact) mass is 532 g/mol. The highest BCUT2D eigenvalue weighted by atomic mass is 16.6. The smallest absolute Gasteiger partial charge is 0.0883 e. The van der Waals surface area contributed by atoms with E-state index in [0.717, 1.165) is 38.5 Å². The Bertz CT molecular complexity index is 963. The molecule has 5 saturated carbocycles. The second-order valence-corrected chi connectivity index (χ2v) is 16.5. The summed E-state index contributed by atoms with van der Waals surface area (Å²) in [6.45, 7) is 16.6. The van der Waals surface area contributed by atoms with Gasteiger partial charge in [-0.3, -0.25) is 0 Å². The fourth-order valence-corrected chi connectivity index (χ4v) is 12.6. The Hall–Kier alpha value is -0.200. The number of ether oxygens (including phenoxy) is 4. The van der Waals surface area contributed by atoms with Crippen molar-refractivity contribution in [3.63, 3.8) is 0 Å². The summed E-state index contributed by atoms with van der Waals surface area (Å²) in [6, 6.07) is 0. The summed E-state index contributed by atoms with van der Waals surface area (Å²) in [5.74, 6) is 1.42. The quantitative estimate of drug-likeness (QED) is 0.444. The van der Waals surface area contributed by atoms with Crippen molar-refractivity contribution >= 4 is 0 Å². The van der Waals surface area contributed by atoms with E-state index in [1.54, 1.807) is 0 Å². The summed E-state index contributed by atoms with van der Waals surface area (Å²) in [7, 11) is 5.67. The normalized spacial score (nSPS) is 57.1. The van der Waals surface area contributed by atoms with Crippen LogP contribution in [0.4, 0.5) is 0 Å². The third-order valence-electron chi connectivity index (χ3n) is 14.9. The molecule has 0 aromatic carbocycles. The van der Waals surface area contributed by atoms with E-state index in [9.17, 15) is 5.11 Å². The molecule has 1 aliphatic heterocycles. The number of rotatable bonds is 5. The molecule has 6 fully saturated rings. The molecule has 2 spiro atoms. The van der Waals surface area contributed by atoms with Gasteiger partial charge in [0.1, 0.15) is 0 Å². The lowest BCUT2D eigenvalue weighted by atomic mass is 9.41. The van der Waals surface area contributed by atoms with Gasteiger partial charge >= 0.3 is 0 Å². The van der Waals surface area contributed by atoms with E-state index in [2.05, 4.69) is 48.5 Å². The van der Waals surface area contributed by atoms with Gasteiger partial charge in [-0.1, -0.05) is 27.7 Å². The van der Waals surface area contributed by atoms with E-state index in [-0.39, 0.29) is 51.9 Å². The minimum Gasteiger partial charge on any atom is -0.393 e. The van der Waals surface area contributed by atoms with Crippen LogP contribution in [0, 0.1) is 44.8 Å². The number of aliphatic hydroxyl groups is 1. The summed E-state index contributed by atoms with van der Waals surface area (Å²) in [4.78, 5) is 0. The van der Waals surface area contributed by atoms with Crippen molar-refractivity contribution < 1.29 is 24.1 Å². The van der Waals surface area contributed by atoms with Gasteiger partial charge in [-0.15, -0.1) is 0 Å². The van der Waals surface area contributed by atoms with Crippen LogP contribution in [-0.4, -0.2) is 62.1 Å². The Kier molecular flexibility index (Phi) is 6.04. The first kappa shape index (κ1) is 27.9. The van der Waals surface area contributed by atoms with Crippen LogP contribution in [0.3, 0.4) is 0 Å². The van der Waals surface area contributed by atoms with Crippen LogP contribution in [0.2, 0.25) is 0 Å². The van der Waals surface area contributed by atoms with Gasteiger partial charge in [0, 0.05) is 27.2 Å². The van der Waals surface area contributed by atoms with Gasteiger partial charge < -0.3 is 24.1 Å². The van der Waals surface area contributed by atoms with Crippen molar-refractivity contribution in [2.24, 2.45) is 44.8 Å². The van der Waals surface area contributed by atoms with Crippen molar-refractivity contribution in [1.29, 1.82) is 0 Å². The standard InChI is InChI=1S/C33H56O5/c1-27(2)23(34)11-14-33-19-32(33)16-15-29(5)26(31(7)13-12-24(38-31)28(3,4)37-10)21(36-9)18-30(29,6)22(32)17-20(35-8)25(27)33/h20-26,34H,11-19H2,1-10H3/t20-,21-,22?,23-,24-,25-,26-,29+,30-,31+,32?,33+/m0/s1. The molecule has 2 unspecified atom stereocenters. The van der Waals surface area contributed by atoms with Crippen molar-refractivity contribution in [2.45, 2.75) is 142 Å². The van der Waals surface area contributed by atoms with Crippen molar-refractivity contribution in [2.75, 3.05) is 21.3 Å². The second-order valence-electron chi connectivity index (χ2n) is 16.5. The first-order chi connectivity index (χ1) is 17.6. The maximum Gasteiger partial charge on any atom is 0.0883 e. The number of hydrogen-bond acceptors (Lipinski definition) is 5. The maximum atomic E-state index is 11.1. The van der Waals surface area contributed by atoms with E-state index in [1.165, 1.54) is 19.3 Å². The molecule has 12 atom stereocenters. The van der Waals surface area contributed by atoms with Crippen LogP contribution < -0.4 is 0 Å². The predicted molar refractivity (Wildman–Crippen MR) is 149 cm³/mol. The molecular weight excluding hydrogens is 476 g/mol. The predicted octanol–water partition coefficient (Wildman–Crippen LogP) is 6.40. The Morgan fingerprint density at radius 1 is 0.789 bits per heavy atom. The third kappa shape index (κ3) is 3.12. The van der Waals surface area contributed by atoms with Gasteiger partial charge in [0.05, 0.1) is 35.6 Å². The highest BCUT2D eigenvalue weighted by Crippen LogP contribution is 2.89. The number of fused-ring (bicyclic) bond motifs is 2. The molecule has 0 aromatic heterocycles. The van der Waals surface area contributed by atoms with Gasteiger partial charge in [-0.05, 0) is 117 Å². The van der Waals surface area contributed by atoms with Gasteiger partial charge in [0.2, 0.25) is 0 Å². The molecular formula is C33H56O5. The van der Waals surface area contributed by atoms with Crippen molar-refractivity contribution in [1.82, 2.24) is 0 Å². The Labute approximate surface area is 232 Å². The molecule has 218 valence electrons. The minimum atomic E-state index is -0.289. The van der Waals surface area contributed by atoms with Crippen molar-refractivity contribution in [3.05, 3.63) is 0 Å². The number of hydrogen-bond donors (Lipinski definition) is 1. The molecule has 0 amide bonds. The molecule has 1 heterocycles. The zero-order chi connectivity index (χ0) is 27.7. The summed E-state index contributed by atoms with van der Waals surface area (Å²) >= 11 is 0. The Morgan fingerprint density at radius 2 is 1.47 bits per heavy atom. The molecule has 38 heavy (non-hydrogen) atoms.